The number of aromatic nitrogens is 5. The molecule has 0 unspecified atom stereocenters. The second-order valence-electron chi connectivity index (χ2n) is 7.58. The van der Waals surface area contributed by atoms with Crippen LogP contribution in [0.15, 0.2) is 9.59 Å². The Kier molecular flexibility index (Phi) is 4.23. The number of hydrogen-bond acceptors (Lipinski definition) is 5. The maximum absolute atomic E-state index is 12.4. The van der Waals surface area contributed by atoms with E-state index >= 15 is 0 Å². The molecular formula is C18H26N6O3. The van der Waals surface area contributed by atoms with E-state index in [1.807, 2.05) is 18.2 Å². The number of ether oxygens (including phenoxy) is 1. The molecule has 0 saturated carbocycles. The Balaban J connectivity index is 1.77. The number of aromatic amines is 1. The zero-order valence-corrected chi connectivity index (χ0v) is 16.4. The molecule has 9 heteroatoms. The summed E-state index contributed by atoms with van der Waals surface area (Å²) in [6.07, 6.45) is 0.451. The molecule has 0 bridgehead atoms. The van der Waals surface area contributed by atoms with Crippen LogP contribution in [0.3, 0.4) is 0 Å². The summed E-state index contributed by atoms with van der Waals surface area (Å²) in [7, 11) is 1.62. The van der Waals surface area contributed by atoms with Crippen molar-refractivity contribution in [2.45, 2.75) is 46.4 Å². The average Bonchev–Trinajstić information content (AvgIpc) is 3.08. The summed E-state index contributed by atoms with van der Waals surface area (Å²) >= 11 is 0. The molecule has 4 heterocycles. The van der Waals surface area contributed by atoms with Crippen LogP contribution in [0.2, 0.25) is 0 Å². The van der Waals surface area contributed by atoms with E-state index in [2.05, 4.69) is 33.3 Å². The molecular weight excluding hydrogens is 348 g/mol. The molecule has 1 aliphatic rings. The van der Waals surface area contributed by atoms with Crippen LogP contribution in [0.1, 0.15) is 25.2 Å². The van der Waals surface area contributed by atoms with Gasteiger partial charge in [-0.25, -0.2) is 4.79 Å². The lowest BCUT2D eigenvalue weighted by Crippen LogP contribution is -2.46. The third-order valence-electron chi connectivity index (χ3n) is 5.54. The first-order chi connectivity index (χ1) is 12.8. The van der Waals surface area contributed by atoms with E-state index in [1.165, 1.54) is 4.57 Å². The van der Waals surface area contributed by atoms with Gasteiger partial charge in [-0.3, -0.25) is 23.6 Å². The molecule has 146 valence electrons. The number of nitrogens with zero attached hydrogens (tertiary/aromatic N) is 5. The van der Waals surface area contributed by atoms with Crippen molar-refractivity contribution in [1.29, 1.82) is 0 Å². The van der Waals surface area contributed by atoms with Crippen LogP contribution in [-0.4, -0.2) is 60.2 Å². The largest absolute Gasteiger partial charge is 0.373 e. The number of rotatable bonds is 3. The minimum atomic E-state index is -0.453. The second kappa shape index (κ2) is 6.35. The minimum Gasteiger partial charge on any atom is -0.373 e. The van der Waals surface area contributed by atoms with E-state index in [0.717, 1.165) is 37.6 Å². The Morgan fingerprint density at radius 3 is 2.44 bits per heavy atom. The van der Waals surface area contributed by atoms with Gasteiger partial charge in [-0.15, -0.1) is 0 Å². The van der Waals surface area contributed by atoms with Crippen LogP contribution in [0.25, 0.3) is 16.9 Å². The summed E-state index contributed by atoms with van der Waals surface area (Å²) in [5.41, 5.74) is 1.99. The molecule has 2 atom stereocenters. The minimum absolute atomic E-state index is 0.225. The molecule has 0 aliphatic carbocycles. The Labute approximate surface area is 156 Å². The van der Waals surface area contributed by atoms with Gasteiger partial charge in [0.05, 0.1) is 12.2 Å². The first-order valence-corrected chi connectivity index (χ1v) is 9.33. The Bertz CT molecular complexity index is 1120. The van der Waals surface area contributed by atoms with Crippen molar-refractivity contribution >= 4 is 16.9 Å². The predicted octanol–water partition coefficient (Wildman–Crippen LogP) is 0.402. The Morgan fingerprint density at radius 1 is 1.11 bits per heavy atom. The SMILES string of the molecule is Cc1c(C)n2c3c(=O)[nH]c(=O)n(C)c3nc2n1CCN1C[C@H](C)O[C@@H](C)C1. The highest BCUT2D eigenvalue weighted by Crippen LogP contribution is 2.20. The number of morpholine rings is 1. The van der Waals surface area contributed by atoms with Gasteiger partial charge >= 0.3 is 5.69 Å². The van der Waals surface area contributed by atoms with Gasteiger partial charge in [0, 0.05) is 44.6 Å². The lowest BCUT2D eigenvalue weighted by atomic mass is 10.2. The van der Waals surface area contributed by atoms with Gasteiger partial charge in [0.2, 0.25) is 5.78 Å². The molecule has 9 nitrogen and oxygen atoms in total. The van der Waals surface area contributed by atoms with Crippen molar-refractivity contribution in [1.82, 2.24) is 28.4 Å². The molecule has 4 rings (SSSR count). The molecule has 1 saturated heterocycles. The zero-order chi connectivity index (χ0) is 19.5. The second-order valence-corrected chi connectivity index (χ2v) is 7.58. The molecule has 0 amide bonds. The average molecular weight is 374 g/mol. The van der Waals surface area contributed by atoms with E-state index in [0.29, 0.717) is 16.9 Å². The number of nitrogens with one attached hydrogen (secondary N) is 1. The fourth-order valence-corrected chi connectivity index (χ4v) is 4.15. The van der Waals surface area contributed by atoms with E-state index < -0.39 is 11.2 Å². The quantitative estimate of drug-likeness (QED) is 0.717. The number of aryl methyl sites for hydroxylation is 2. The molecule has 3 aromatic heterocycles. The van der Waals surface area contributed by atoms with Gasteiger partial charge in [0.15, 0.2) is 11.2 Å². The smallest absolute Gasteiger partial charge is 0.329 e. The van der Waals surface area contributed by atoms with Crippen LogP contribution in [-0.2, 0) is 18.3 Å². The van der Waals surface area contributed by atoms with Gasteiger partial charge in [-0.05, 0) is 27.7 Å². The van der Waals surface area contributed by atoms with Crippen LogP contribution >= 0.6 is 0 Å². The Hall–Kier alpha value is -2.39. The third kappa shape index (κ3) is 2.81. The van der Waals surface area contributed by atoms with Crippen molar-refractivity contribution in [2.24, 2.45) is 7.05 Å². The number of imidazole rings is 2. The number of hydrogen-bond donors (Lipinski definition) is 1. The summed E-state index contributed by atoms with van der Waals surface area (Å²) < 4.78 is 11.2. The van der Waals surface area contributed by atoms with Gasteiger partial charge < -0.3 is 9.30 Å². The van der Waals surface area contributed by atoms with Gasteiger partial charge in [0.25, 0.3) is 5.56 Å². The van der Waals surface area contributed by atoms with E-state index in [-0.39, 0.29) is 12.2 Å². The maximum Gasteiger partial charge on any atom is 0.329 e. The lowest BCUT2D eigenvalue weighted by molar-refractivity contribution is -0.0685. The zero-order valence-electron chi connectivity index (χ0n) is 16.4. The van der Waals surface area contributed by atoms with Crippen molar-refractivity contribution in [3.63, 3.8) is 0 Å². The predicted molar refractivity (Wildman–Crippen MR) is 102 cm³/mol. The van der Waals surface area contributed by atoms with Gasteiger partial charge in [-0.1, -0.05) is 0 Å². The standard InChI is InChI=1S/C18H26N6O3/c1-10-8-22(9-11(2)27-10)6-7-23-12(3)13(4)24-14-15(19-17(23)24)21(5)18(26)20-16(14)25/h10-11H,6-9H2,1-5H3,(H,20,25,26)/t10-,11-/m0/s1. The van der Waals surface area contributed by atoms with Crippen molar-refractivity contribution in [3.8, 4) is 0 Å². The Morgan fingerprint density at radius 2 is 1.78 bits per heavy atom. The third-order valence-corrected chi connectivity index (χ3v) is 5.54. The highest BCUT2D eigenvalue weighted by atomic mass is 16.5. The highest BCUT2D eigenvalue weighted by Gasteiger charge is 2.24. The number of H-pyrrole nitrogens is 1. The summed E-state index contributed by atoms with van der Waals surface area (Å²) in [6, 6.07) is 0. The fraction of sp³-hybridized carbons (Fsp3) is 0.611. The lowest BCUT2D eigenvalue weighted by Gasteiger charge is -2.35. The molecule has 1 N–H and O–H groups in total. The van der Waals surface area contributed by atoms with Gasteiger partial charge in [-0.2, -0.15) is 4.98 Å². The van der Waals surface area contributed by atoms with Crippen LogP contribution in [0.5, 0.6) is 0 Å². The number of fused-ring (bicyclic) bond motifs is 3. The molecule has 3 aromatic rings. The fourth-order valence-electron chi connectivity index (χ4n) is 4.15. The van der Waals surface area contributed by atoms with E-state index in [4.69, 9.17) is 4.74 Å². The summed E-state index contributed by atoms with van der Waals surface area (Å²) in [5, 5.41) is 0. The summed E-state index contributed by atoms with van der Waals surface area (Å²) in [4.78, 5) is 33.7. The first kappa shape index (κ1) is 18.0. The molecule has 1 aliphatic heterocycles. The van der Waals surface area contributed by atoms with Crippen LogP contribution in [0.4, 0.5) is 0 Å². The summed E-state index contributed by atoms with van der Waals surface area (Å²) in [5.74, 6) is 0.695. The molecule has 1 fully saturated rings. The maximum atomic E-state index is 12.4. The molecule has 0 spiro atoms. The van der Waals surface area contributed by atoms with Gasteiger partial charge in [0.1, 0.15) is 0 Å². The topological polar surface area (TPSA) is 89.6 Å². The van der Waals surface area contributed by atoms with Crippen molar-refractivity contribution in [3.05, 3.63) is 32.2 Å². The van der Waals surface area contributed by atoms with Crippen LogP contribution < -0.4 is 11.2 Å². The monoisotopic (exact) mass is 374 g/mol. The van der Waals surface area contributed by atoms with Crippen molar-refractivity contribution in [2.75, 3.05) is 19.6 Å². The normalized spacial score (nSPS) is 21.5. The summed E-state index contributed by atoms with van der Waals surface area (Å²) in [6.45, 7) is 11.7. The molecule has 0 aromatic carbocycles. The first-order valence-electron chi connectivity index (χ1n) is 9.33. The van der Waals surface area contributed by atoms with Crippen LogP contribution in [0, 0.1) is 13.8 Å². The van der Waals surface area contributed by atoms with E-state index in [9.17, 15) is 9.59 Å². The molecule has 27 heavy (non-hydrogen) atoms. The highest BCUT2D eigenvalue weighted by molar-refractivity contribution is 5.76. The van der Waals surface area contributed by atoms with E-state index in [1.54, 1.807) is 7.05 Å². The molecule has 0 radical (unpaired) electrons. The van der Waals surface area contributed by atoms with Crippen molar-refractivity contribution < 1.29 is 4.74 Å².